The summed E-state index contributed by atoms with van der Waals surface area (Å²) in [5, 5.41) is 9.26. The van der Waals surface area contributed by atoms with Crippen LogP contribution in [0.5, 0.6) is 0 Å². The van der Waals surface area contributed by atoms with Crippen LogP contribution in [0, 0.1) is 19.8 Å². The number of carboxylic acid groups (broad SMARTS) is 1. The maximum absolute atomic E-state index is 12.4. The zero-order valence-corrected chi connectivity index (χ0v) is 11.3. The van der Waals surface area contributed by atoms with Gasteiger partial charge >= 0.3 is 5.97 Å². The van der Waals surface area contributed by atoms with Crippen LogP contribution in [-0.4, -0.2) is 39.5 Å². The molecule has 1 aliphatic rings. The van der Waals surface area contributed by atoms with Crippen LogP contribution in [0.3, 0.4) is 0 Å². The Kier molecular flexibility index (Phi) is 3.59. The molecule has 1 aliphatic heterocycles. The number of oxazole rings is 1. The number of hydrogen-bond acceptors (Lipinski definition) is 4. The van der Waals surface area contributed by atoms with Crippen LogP contribution in [0.15, 0.2) is 4.42 Å². The molecular weight excluding hydrogens is 248 g/mol. The average Bonchev–Trinajstić information content (AvgIpc) is 2.67. The highest BCUT2D eigenvalue weighted by molar-refractivity contribution is 5.95. The van der Waals surface area contributed by atoms with Crippen molar-refractivity contribution in [3.8, 4) is 0 Å². The highest BCUT2D eigenvalue weighted by atomic mass is 16.4. The molecule has 0 bridgehead atoms. The number of aryl methyl sites for hydroxylation is 2. The fourth-order valence-corrected chi connectivity index (χ4v) is 2.48. The van der Waals surface area contributed by atoms with Crippen LogP contribution >= 0.6 is 0 Å². The third-order valence-corrected chi connectivity index (χ3v) is 3.51. The first kappa shape index (κ1) is 13.6. The van der Waals surface area contributed by atoms with Gasteiger partial charge in [-0.05, 0) is 25.7 Å². The first-order valence-corrected chi connectivity index (χ1v) is 6.38. The van der Waals surface area contributed by atoms with Gasteiger partial charge in [0.2, 0.25) is 5.76 Å². The van der Waals surface area contributed by atoms with Gasteiger partial charge in [0.15, 0.2) is 5.89 Å². The predicted molar refractivity (Wildman–Crippen MR) is 66.8 cm³/mol. The van der Waals surface area contributed by atoms with Crippen LogP contribution < -0.4 is 0 Å². The third kappa shape index (κ3) is 2.62. The molecule has 0 aliphatic carbocycles. The van der Waals surface area contributed by atoms with E-state index in [0.29, 0.717) is 30.5 Å². The van der Waals surface area contributed by atoms with E-state index in [1.54, 1.807) is 13.8 Å². The number of hydrogen-bond donors (Lipinski definition) is 1. The second-order valence-corrected chi connectivity index (χ2v) is 5.13. The highest BCUT2D eigenvalue weighted by Gasteiger charge is 2.37. The van der Waals surface area contributed by atoms with Crippen LogP contribution in [0.1, 0.15) is 41.9 Å². The number of rotatable bonds is 2. The maximum Gasteiger partial charge on any atom is 0.326 e. The zero-order valence-electron chi connectivity index (χ0n) is 11.3. The number of aromatic nitrogens is 1. The number of piperidine rings is 1. The van der Waals surface area contributed by atoms with E-state index in [0.717, 1.165) is 6.42 Å². The van der Waals surface area contributed by atoms with Crippen LogP contribution in [0.2, 0.25) is 0 Å². The molecule has 0 saturated carbocycles. The van der Waals surface area contributed by atoms with Gasteiger partial charge in [0.25, 0.3) is 5.91 Å². The second kappa shape index (κ2) is 5.03. The molecule has 2 unspecified atom stereocenters. The van der Waals surface area contributed by atoms with Gasteiger partial charge in [-0.25, -0.2) is 9.78 Å². The minimum Gasteiger partial charge on any atom is -0.480 e. The van der Waals surface area contributed by atoms with Crippen molar-refractivity contribution >= 4 is 11.9 Å². The molecule has 1 saturated heterocycles. The van der Waals surface area contributed by atoms with Crippen molar-refractivity contribution < 1.29 is 19.1 Å². The van der Waals surface area contributed by atoms with Crippen LogP contribution in [-0.2, 0) is 4.79 Å². The summed E-state index contributed by atoms with van der Waals surface area (Å²) in [6.45, 7) is 5.79. The molecule has 2 rings (SSSR count). The molecule has 0 radical (unpaired) electrons. The number of carbonyl (C=O) groups excluding carboxylic acids is 1. The van der Waals surface area contributed by atoms with Gasteiger partial charge in [0.05, 0.1) is 5.69 Å². The molecule has 1 aromatic rings. The summed E-state index contributed by atoms with van der Waals surface area (Å²) in [7, 11) is 0. The number of nitrogens with zero attached hydrogens (tertiary/aromatic N) is 2. The van der Waals surface area contributed by atoms with Crippen molar-refractivity contribution in [2.75, 3.05) is 6.54 Å². The Labute approximate surface area is 111 Å². The van der Waals surface area contributed by atoms with Crippen molar-refractivity contribution in [1.82, 2.24) is 9.88 Å². The molecule has 6 heteroatoms. The predicted octanol–water partition coefficient (Wildman–Crippen LogP) is 1.62. The summed E-state index contributed by atoms with van der Waals surface area (Å²) in [6, 6.07) is -0.777. The fourth-order valence-electron chi connectivity index (χ4n) is 2.48. The van der Waals surface area contributed by atoms with Gasteiger partial charge in [-0.15, -0.1) is 0 Å². The highest BCUT2D eigenvalue weighted by Crippen LogP contribution is 2.25. The molecule has 1 N–H and O–H groups in total. The van der Waals surface area contributed by atoms with E-state index < -0.39 is 12.0 Å². The Hall–Kier alpha value is -1.85. The standard InChI is InChI=1S/C13H18N2O4/c1-7-4-5-15(10(6-7)13(17)18)12(16)11-8(2)14-9(3)19-11/h7,10H,4-6H2,1-3H3,(H,17,18). The summed E-state index contributed by atoms with van der Waals surface area (Å²) < 4.78 is 5.29. The summed E-state index contributed by atoms with van der Waals surface area (Å²) in [4.78, 5) is 29.1. The number of aliphatic carboxylic acids is 1. The van der Waals surface area contributed by atoms with Crippen molar-refractivity contribution in [1.29, 1.82) is 0 Å². The minimum atomic E-state index is -0.964. The largest absolute Gasteiger partial charge is 0.480 e. The molecular formula is C13H18N2O4. The third-order valence-electron chi connectivity index (χ3n) is 3.51. The fraction of sp³-hybridized carbons (Fsp3) is 0.615. The number of amides is 1. The molecule has 2 atom stereocenters. The van der Waals surface area contributed by atoms with E-state index in [1.165, 1.54) is 4.90 Å². The van der Waals surface area contributed by atoms with Gasteiger partial charge in [0, 0.05) is 13.5 Å². The Balaban J connectivity index is 2.26. The summed E-state index contributed by atoms with van der Waals surface area (Å²) >= 11 is 0. The topological polar surface area (TPSA) is 83.6 Å². The summed E-state index contributed by atoms with van der Waals surface area (Å²) in [5.41, 5.74) is 0.505. The minimum absolute atomic E-state index is 0.151. The second-order valence-electron chi connectivity index (χ2n) is 5.13. The smallest absolute Gasteiger partial charge is 0.326 e. The molecule has 0 aromatic carbocycles. The van der Waals surface area contributed by atoms with Gasteiger partial charge in [-0.2, -0.15) is 0 Å². The maximum atomic E-state index is 12.4. The number of carbonyl (C=O) groups is 2. The molecule has 0 spiro atoms. The van der Waals surface area contributed by atoms with E-state index in [2.05, 4.69) is 4.98 Å². The van der Waals surface area contributed by atoms with Crippen molar-refractivity contribution in [2.24, 2.45) is 5.92 Å². The Morgan fingerprint density at radius 3 is 2.63 bits per heavy atom. The summed E-state index contributed by atoms with van der Waals surface area (Å²) in [6.07, 6.45) is 1.29. The Bertz CT molecular complexity index is 509. The van der Waals surface area contributed by atoms with Crippen LogP contribution in [0.25, 0.3) is 0 Å². The van der Waals surface area contributed by atoms with Crippen LogP contribution in [0.4, 0.5) is 0 Å². The van der Waals surface area contributed by atoms with E-state index in [1.807, 2.05) is 6.92 Å². The molecule has 1 amide bonds. The monoisotopic (exact) mass is 266 g/mol. The lowest BCUT2D eigenvalue weighted by Crippen LogP contribution is -2.49. The lowest BCUT2D eigenvalue weighted by atomic mass is 9.92. The summed E-state index contributed by atoms with van der Waals surface area (Å²) in [5.74, 6) is -0.467. The first-order chi connectivity index (χ1) is 8.90. The zero-order chi connectivity index (χ0) is 14.2. The quantitative estimate of drug-likeness (QED) is 0.879. The first-order valence-electron chi connectivity index (χ1n) is 6.38. The van der Waals surface area contributed by atoms with E-state index in [-0.39, 0.29) is 11.7 Å². The molecule has 104 valence electrons. The normalized spacial score (nSPS) is 23.4. The molecule has 1 aromatic heterocycles. The SMILES string of the molecule is Cc1nc(C)c(C(=O)N2CCC(C)CC2C(=O)O)o1. The lowest BCUT2D eigenvalue weighted by Gasteiger charge is -2.35. The van der Waals surface area contributed by atoms with E-state index in [9.17, 15) is 14.7 Å². The van der Waals surface area contributed by atoms with Crippen molar-refractivity contribution in [2.45, 2.75) is 39.7 Å². The van der Waals surface area contributed by atoms with Gasteiger partial charge < -0.3 is 14.4 Å². The molecule has 19 heavy (non-hydrogen) atoms. The van der Waals surface area contributed by atoms with E-state index in [4.69, 9.17) is 4.42 Å². The molecule has 6 nitrogen and oxygen atoms in total. The van der Waals surface area contributed by atoms with Gasteiger partial charge in [0.1, 0.15) is 6.04 Å². The molecule has 2 heterocycles. The number of likely N-dealkylation sites (tertiary alicyclic amines) is 1. The Morgan fingerprint density at radius 2 is 2.11 bits per heavy atom. The van der Waals surface area contributed by atoms with Crippen molar-refractivity contribution in [3.05, 3.63) is 17.3 Å². The molecule has 1 fully saturated rings. The van der Waals surface area contributed by atoms with E-state index >= 15 is 0 Å². The number of carboxylic acids is 1. The van der Waals surface area contributed by atoms with Gasteiger partial charge in [-0.3, -0.25) is 4.79 Å². The Morgan fingerprint density at radius 1 is 1.42 bits per heavy atom. The van der Waals surface area contributed by atoms with Gasteiger partial charge in [-0.1, -0.05) is 6.92 Å². The average molecular weight is 266 g/mol. The van der Waals surface area contributed by atoms with Crippen molar-refractivity contribution in [3.63, 3.8) is 0 Å². The lowest BCUT2D eigenvalue weighted by molar-refractivity contribution is -0.144.